The van der Waals surface area contributed by atoms with Gasteiger partial charge in [0.25, 0.3) is 11.8 Å². The first-order chi connectivity index (χ1) is 16.6. The zero-order valence-corrected chi connectivity index (χ0v) is 18.3. The summed E-state index contributed by atoms with van der Waals surface area (Å²) >= 11 is 0. The normalized spacial score (nSPS) is 12.5. The smallest absolute Gasteiger partial charge is 0.343 e. The van der Waals surface area contributed by atoms with Crippen LogP contribution in [-0.4, -0.2) is 29.2 Å². The Hall–Kier alpha value is -4.51. The number of carbonyl (C=O) groups is 3. The number of esters is 1. The monoisotopic (exact) mass is 447 g/mol. The van der Waals surface area contributed by atoms with E-state index in [1.165, 1.54) is 4.90 Å². The Kier molecular flexibility index (Phi) is 5.75. The Morgan fingerprint density at radius 3 is 1.82 bits per heavy atom. The lowest BCUT2D eigenvalue weighted by atomic mass is 10.0. The van der Waals surface area contributed by atoms with Gasteiger partial charge in [0.2, 0.25) is 0 Å². The molecule has 0 saturated heterocycles. The quantitative estimate of drug-likeness (QED) is 0.225. The van der Waals surface area contributed by atoms with Crippen molar-refractivity contribution in [2.24, 2.45) is 0 Å². The van der Waals surface area contributed by atoms with E-state index < -0.39 is 5.97 Å². The van der Waals surface area contributed by atoms with Crippen molar-refractivity contribution in [3.8, 4) is 16.9 Å². The topological polar surface area (TPSA) is 63.7 Å². The predicted molar refractivity (Wildman–Crippen MR) is 129 cm³/mol. The molecule has 2 amide bonds. The van der Waals surface area contributed by atoms with Crippen LogP contribution >= 0.6 is 0 Å². The van der Waals surface area contributed by atoms with E-state index >= 15 is 0 Å². The summed E-state index contributed by atoms with van der Waals surface area (Å²) < 4.78 is 5.50. The standard InChI is InChI=1S/C29H21NO4/c31-27-25-8-4-5-9-26(25)28(32)30(27)19-18-20-10-16-24(17-11-20)34-29(33)23-14-12-22(13-15-23)21-6-2-1-3-7-21/h1-17H,18-19H2. The molecule has 1 aliphatic heterocycles. The number of hydrogen-bond acceptors (Lipinski definition) is 4. The van der Waals surface area contributed by atoms with E-state index in [4.69, 9.17) is 4.74 Å². The Morgan fingerprint density at radius 1 is 0.647 bits per heavy atom. The largest absolute Gasteiger partial charge is 0.423 e. The molecule has 0 unspecified atom stereocenters. The number of carbonyl (C=O) groups excluding carboxylic acids is 3. The average Bonchev–Trinajstić information content (AvgIpc) is 3.13. The second-order valence-corrected chi connectivity index (χ2v) is 8.03. The fraction of sp³-hybridized carbons (Fsp3) is 0.0690. The van der Waals surface area contributed by atoms with Crippen LogP contribution in [0.4, 0.5) is 0 Å². The van der Waals surface area contributed by atoms with Crippen molar-refractivity contribution in [1.29, 1.82) is 0 Å². The van der Waals surface area contributed by atoms with E-state index in [2.05, 4.69) is 0 Å². The lowest BCUT2D eigenvalue weighted by Gasteiger charge is -2.14. The van der Waals surface area contributed by atoms with Crippen LogP contribution in [0.1, 0.15) is 36.6 Å². The van der Waals surface area contributed by atoms with Gasteiger partial charge in [0.05, 0.1) is 16.7 Å². The third kappa shape index (κ3) is 4.24. The number of amides is 2. The second-order valence-electron chi connectivity index (χ2n) is 8.03. The molecular weight excluding hydrogens is 426 g/mol. The van der Waals surface area contributed by atoms with Gasteiger partial charge < -0.3 is 4.74 Å². The van der Waals surface area contributed by atoms with Crippen LogP contribution in [0.2, 0.25) is 0 Å². The summed E-state index contributed by atoms with van der Waals surface area (Å²) in [7, 11) is 0. The Balaban J connectivity index is 1.18. The summed E-state index contributed by atoms with van der Waals surface area (Å²) in [5.74, 6) is -0.520. The molecule has 0 aliphatic carbocycles. The molecule has 5 heteroatoms. The number of hydrogen-bond donors (Lipinski definition) is 0. The predicted octanol–water partition coefficient (Wildman–Crippen LogP) is 5.41. The summed E-state index contributed by atoms with van der Waals surface area (Å²) in [5, 5.41) is 0. The first kappa shape index (κ1) is 21.3. The van der Waals surface area contributed by atoms with Gasteiger partial charge in [-0.2, -0.15) is 0 Å². The van der Waals surface area contributed by atoms with Gasteiger partial charge in [0, 0.05) is 6.54 Å². The molecule has 0 spiro atoms. The van der Waals surface area contributed by atoms with Gasteiger partial charge in [-0.1, -0.05) is 66.7 Å². The van der Waals surface area contributed by atoms with Crippen LogP contribution in [0, 0.1) is 0 Å². The number of nitrogens with zero attached hydrogens (tertiary/aromatic N) is 1. The number of ether oxygens (including phenoxy) is 1. The summed E-state index contributed by atoms with van der Waals surface area (Å²) in [5.41, 5.74) is 4.41. The zero-order chi connectivity index (χ0) is 23.5. The molecule has 1 heterocycles. The maximum atomic E-state index is 12.5. The highest BCUT2D eigenvalue weighted by Crippen LogP contribution is 2.23. The van der Waals surface area contributed by atoms with Crippen molar-refractivity contribution in [1.82, 2.24) is 4.90 Å². The molecule has 34 heavy (non-hydrogen) atoms. The molecule has 0 N–H and O–H groups in total. The summed E-state index contributed by atoms with van der Waals surface area (Å²) in [6.45, 7) is 0.291. The summed E-state index contributed by atoms with van der Waals surface area (Å²) in [4.78, 5) is 38.8. The molecule has 0 atom stereocenters. The molecule has 166 valence electrons. The third-order valence-electron chi connectivity index (χ3n) is 5.86. The molecule has 5 nitrogen and oxygen atoms in total. The molecule has 4 aromatic carbocycles. The minimum absolute atomic E-state index is 0.260. The van der Waals surface area contributed by atoms with Gasteiger partial charge >= 0.3 is 5.97 Å². The van der Waals surface area contributed by atoms with Crippen molar-refractivity contribution in [3.63, 3.8) is 0 Å². The highest BCUT2D eigenvalue weighted by Gasteiger charge is 2.34. The maximum absolute atomic E-state index is 12.5. The van der Waals surface area contributed by atoms with Gasteiger partial charge in [-0.05, 0) is 59.5 Å². The van der Waals surface area contributed by atoms with Gasteiger partial charge in [0.15, 0.2) is 0 Å². The number of imide groups is 1. The van der Waals surface area contributed by atoms with Crippen molar-refractivity contribution in [2.75, 3.05) is 6.54 Å². The number of fused-ring (bicyclic) bond motifs is 1. The molecule has 5 rings (SSSR count). The zero-order valence-electron chi connectivity index (χ0n) is 18.3. The van der Waals surface area contributed by atoms with Crippen LogP contribution in [0.3, 0.4) is 0 Å². The van der Waals surface area contributed by atoms with Gasteiger partial charge in [-0.15, -0.1) is 0 Å². The van der Waals surface area contributed by atoms with Gasteiger partial charge in [-0.25, -0.2) is 4.79 Å². The van der Waals surface area contributed by atoms with E-state index in [1.807, 2.05) is 54.6 Å². The van der Waals surface area contributed by atoms with E-state index in [9.17, 15) is 14.4 Å². The van der Waals surface area contributed by atoms with Crippen molar-refractivity contribution >= 4 is 17.8 Å². The molecule has 4 aromatic rings. The van der Waals surface area contributed by atoms with E-state index in [0.29, 0.717) is 35.4 Å². The van der Waals surface area contributed by atoms with Gasteiger partial charge in [-0.3, -0.25) is 14.5 Å². The molecule has 0 aromatic heterocycles. The van der Waals surface area contributed by atoms with Crippen LogP contribution in [0.5, 0.6) is 5.75 Å². The van der Waals surface area contributed by atoms with Crippen molar-refractivity contribution < 1.29 is 19.1 Å². The first-order valence-electron chi connectivity index (χ1n) is 11.0. The summed E-state index contributed by atoms with van der Waals surface area (Å²) in [6, 6.07) is 31.2. The highest BCUT2D eigenvalue weighted by molar-refractivity contribution is 6.21. The van der Waals surface area contributed by atoms with E-state index in [-0.39, 0.29) is 11.8 Å². The SMILES string of the molecule is O=C(Oc1ccc(CCN2C(=O)c3ccccc3C2=O)cc1)c1ccc(-c2ccccc2)cc1. The van der Waals surface area contributed by atoms with Crippen LogP contribution in [0.25, 0.3) is 11.1 Å². The lowest BCUT2D eigenvalue weighted by molar-refractivity contribution is 0.0654. The molecule has 0 radical (unpaired) electrons. The summed E-state index contributed by atoms with van der Waals surface area (Å²) in [6.07, 6.45) is 0.515. The molecule has 0 bridgehead atoms. The molecule has 0 saturated carbocycles. The first-order valence-corrected chi connectivity index (χ1v) is 11.0. The van der Waals surface area contributed by atoms with Gasteiger partial charge in [0.1, 0.15) is 5.75 Å². The molecule has 0 fully saturated rings. The van der Waals surface area contributed by atoms with Crippen LogP contribution in [-0.2, 0) is 6.42 Å². The number of rotatable bonds is 6. The minimum atomic E-state index is -0.432. The Bertz CT molecular complexity index is 1320. The molecular formula is C29H21NO4. The van der Waals surface area contributed by atoms with Crippen molar-refractivity contribution in [2.45, 2.75) is 6.42 Å². The minimum Gasteiger partial charge on any atom is -0.423 e. The van der Waals surface area contributed by atoms with Crippen LogP contribution < -0.4 is 4.74 Å². The van der Waals surface area contributed by atoms with Crippen LogP contribution in [0.15, 0.2) is 103 Å². The maximum Gasteiger partial charge on any atom is 0.343 e. The third-order valence-corrected chi connectivity index (χ3v) is 5.86. The van der Waals surface area contributed by atoms with Crippen molar-refractivity contribution in [3.05, 3.63) is 125 Å². The Morgan fingerprint density at radius 2 is 1.21 bits per heavy atom. The number of benzene rings is 4. The van der Waals surface area contributed by atoms with E-state index in [1.54, 1.807) is 48.5 Å². The van der Waals surface area contributed by atoms with E-state index in [0.717, 1.165) is 16.7 Å². The fourth-order valence-electron chi connectivity index (χ4n) is 4.00. The highest BCUT2D eigenvalue weighted by atomic mass is 16.5. The fourth-order valence-corrected chi connectivity index (χ4v) is 4.00. The lowest BCUT2D eigenvalue weighted by Crippen LogP contribution is -2.31. The second kappa shape index (κ2) is 9.16. The Labute approximate surface area is 197 Å². The average molecular weight is 447 g/mol. The molecule has 1 aliphatic rings.